The summed E-state index contributed by atoms with van der Waals surface area (Å²) in [6.45, 7) is 0.716. The van der Waals surface area contributed by atoms with Crippen molar-refractivity contribution in [2.75, 3.05) is 13.2 Å². The monoisotopic (exact) mass is 198 g/mol. The van der Waals surface area contributed by atoms with E-state index in [0.29, 0.717) is 25.1 Å². The van der Waals surface area contributed by atoms with Gasteiger partial charge in [-0.2, -0.15) is 0 Å². The van der Waals surface area contributed by atoms with Crippen LogP contribution in [0, 0.1) is 0 Å². The summed E-state index contributed by atoms with van der Waals surface area (Å²) in [6, 6.07) is 0. The molecule has 1 aliphatic carbocycles. The zero-order chi connectivity index (χ0) is 10.2. The molecule has 0 radical (unpaired) electrons. The molecule has 1 spiro atoms. The van der Waals surface area contributed by atoms with E-state index in [1.165, 1.54) is 6.08 Å². The van der Waals surface area contributed by atoms with Crippen molar-refractivity contribution in [1.82, 2.24) is 0 Å². The van der Waals surface area contributed by atoms with Gasteiger partial charge in [0.05, 0.1) is 13.2 Å². The number of hydrogen-bond acceptors (Lipinski definition) is 5. The molecule has 2 N–H and O–H groups in total. The van der Waals surface area contributed by atoms with Gasteiger partial charge in [0.25, 0.3) is 0 Å². The largest absolute Gasteiger partial charge is 0.484 e. The number of rotatable bonds is 1. The predicted molar refractivity (Wildman–Crippen MR) is 47.2 cm³/mol. The van der Waals surface area contributed by atoms with E-state index in [2.05, 4.69) is 0 Å². The summed E-state index contributed by atoms with van der Waals surface area (Å²) in [5.74, 6) is -1.49. The molecule has 0 aromatic carbocycles. The molecule has 0 bridgehead atoms. The zero-order valence-corrected chi connectivity index (χ0v) is 7.60. The topological polar surface area (TPSA) is 76.0 Å². The lowest BCUT2D eigenvalue weighted by Gasteiger charge is -2.27. The smallest absolute Gasteiger partial charge is 0.423 e. The Morgan fingerprint density at radius 3 is 2.50 bits per heavy atom. The first kappa shape index (κ1) is 9.85. The van der Waals surface area contributed by atoms with Gasteiger partial charge in [-0.25, -0.2) is 0 Å². The maximum atomic E-state index is 11.5. The lowest BCUT2D eigenvalue weighted by Crippen LogP contribution is -2.42. The summed E-state index contributed by atoms with van der Waals surface area (Å²) in [7, 11) is -1.53. The first-order valence-corrected chi connectivity index (χ1v) is 4.53. The number of ketones is 1. The van der Waals surface area contributed by atoms with E-state index >= 15 is 0 Å². The fraction of sp³-hybridized carbons (Fsp3) is 0.625. The predicted octanol–water partition coefficient (Wildman–Crippen LogP) is -0.969. The van der Waals surface area contributed by atoms with Crippen molar-refractivity contribution < 1.29 is 24.3 Å². The van der Waals surface area contributed by atoms with Crippen LogP contribution in [0.3, 0.4) is 0 Å². The SMILES string of the molecule is O=C1CCC(B(O)O)=CC12OCCO2. The van der Waals surface area contributed by atoms with Crippen LogP contribution in [-0.4, -0.2) is 42.0 Å². The highest BCUT2D eigenvalue weighted by molar-refractivity contribution is 6.51. The summed E-state index contributed by atoms with van der Waals surface area (Å²) in [5.41, 5.74) is 0.381. The van der Waals surface area contributed by atoms with Crippen molar-refractivity contribution in [3.63, 3.8) is 0 Å². The van der Waals surface area contributed by atoms with Crippen LogP contribution in [0.5, 0.6) is 0 Å². The molecule has 5 nitrogen and oxygen atoms in total. The Bertz CT molecular complexity index is 279. The average molecular weight is 198 g/mol. The molecule has 0 aromatic rings. The molecule has 0 amide bonds. The normalized spacial score (nSPS) is 25.3. The molecule has 2 rings (SSSR count). The molecule has 6 heteroatoms. The molecule has 1 saturated heterocycles. The Morgan fingerprint density at radius 2 is 1.93 bits per heavy atom. The minimum absolute atomic E-state index is 0.153. The van der Waals surface area contributed by atoms with Gasteiger partial charge < -0.3 is 19.5 Å². The van der Waals surface area contributed by atoms with E-state index in [4.69, 9.17) is 19.5 Å². The van der Waals surface area contributed by atoms with E-state index in [9.17, 15) is 4.79 Å². The van der Waals surface area contributed by atoms with Crippen molar-refractivity contribution in [1.29, 1.82) is 0 Å². The molecule has 1 heterocycles. The average Bonchev–Trinajstić information content (AvgIpc) is 2.59. The van der Waals surface area contributed by atoms with Gasteiger partial charge in [0.15, 0.2) is 5.78 Å². The van der Waals surface area contributed by atoms with Crippen LogP contribution in [0.1, 0.15) is 12.8 Å². The van der Waals surface area contributed by atoms with Gasteiger partial charge in [-0.1, -0.05) is 0 Å². The minimum Gasteiger partial charge on any atom is -0.423 e. The second-order valence-electron chi connectivity index (χ2n) is 3.38. The zero-order valence-electron chi connectivity index (χ0n) is 7.60. The van der Waals surface area contributed by atoms with E-state index in [-0.39, 0.29) is 12.2 Å². The van der Waals surface area contributed by atoms with Crippen molar-refractivity contribution in [3.8, 4) is 0 Å². The summed E-state index contributed by atoms with van der Waals surface area (Å²) in [6.07, 6.45) is 1.96. The molecular formula is C8H11BO5. The van der Waals surface area contributed by atoms with Crippen LogP contribution in [0.25, 0.3) is 0 Å². The Morgan fingerprint density at radius 1 is 1.29 bits per heavy atom. The van der Waals surface area contributed by atoms with Gasteiger partial charge >= 0.3 is 7.12 Å². The Balaban J connectivity index is 2.28. The van der Waals surface area contributed by atoms with E-state index < -0.39 is 12.9 Å². The first-order chi connectivity index (χ1) is 6.64. The van der Waals surface area contributed by atoms with E-state index in [1.807, 2.05) is 0 Å². The number of hydrogen-bond donors (Lipinski definition) is 2. The molecule has 0 atom stereocenters. The maximum Gasteiger partial charge on any atom is 0.484 e. The Labute approximate surface area is 81.5 Å². The van der Waals surface area contributed by atoms with Crippen LogP contribution in [0.2, 0.25) is 0 Å². The van der Waals surface area contributed by atoms with Crippen molar-refractivity contribution in [3.05, 3.63) is 11.5 Å². The molecule has 0 unspecified atom stereocenters. The first-order valence-electron chi connectivity index (χ1n) is 4.53. The molecule has 14 heavy (non-hydrogen) atoms. The van der Waals surface area contributed by atoms with Gasteiger partial charge in [-0.05, 0) is 18.0 Å². The number of allylic oxidation sites excluding steroid dienone is 1. The molecule has 1 fully saturated rings. The summed E-state index contributed by atoms with van der Waals surface area (Å²) in [4.78, 5) is 11.5. The third kappa shape index (κ3) is 1.50. The highest BCUT2D eigenvalue weighted by atomic mass is 16.7. The third-order valence-electron chi connectivity index (χ3n) is 2.45. The van der Waals surface area contributed by atoms with Gasteiger partial charge in [-0.3, -0.25) is 4.79 Å². The number of carbonyl (C=O) groups is 1. The van der Waals surface area contributed by atoms with E-state index in [1.54, 1.807) is 0 Å². The van der Waals surface area contributed by atoms with Gasteiger partial charge in [0.1, 0.15) is 0 Å². The number of ether oxygens (including phenoxy) is 2. The molecule has 0 aromatic heterocycles. The molecular weight excluding hydrogens is 187 g/mol. The molecule has 76 valence electrons. The summed E-state index contributed by atoms with van der Waals surface area (Å²) < 4.78 is 10.4. The van der Waals surface area contributed by atoms with Crippen molar-refractivity contribution in [2.24, 2.45) is 0 Å². The molecule has 2 aliphatic rings. The van der Waals surface area contributed by atoms with Crippen LogP contribution >= 0.6 is 0 Å². The molecule has 0 saturated carbocycles. The second kappa shape index (κ2) is 3.47. The fourth-order valence-electron chi connectivity index (χ4n) is 1.71. The Kier molecular flexibility index (Phi) is 2.44. The fourth-order valence-corrected chi connectivity index (χ4v) is 1.71. The van der Waals surface area contributed by atoms with Crippen molar-refractivity contribution in [2.45, 2.75) is 18.6 Å². The highest BCUT2D eigenvalue weighted by Crippen LogP contribution is 2.31. The lowest BCUT2D eigenvalue weighted by molar-refractivity contribution is -0.165. The summed E-state index contributed by atoms with van der Waals surface area (Å²) in [5, 5.41) is 17.9. The number of carbonyl (C=O) groups excluding carboxylic acids is 1. The minimum atomic E-state index is -1.53. The lowest BCUT2D eigenvalue weighted by atomic mass is 9.72. The standard InChI is InChI=1S/C8H11BO5/c10-7-2-1-6(9(11)12)5-8(7)13-3-4-14-8/h5,11-12H,1-4H2. The van der Waals surface area contributed by atoms with Crippen molar-refractivity contribution >= 4 is 12.9 Å². The van der Waals surface area contributed by atoms with E-state index in [0.717, 1.165) is 0 Å². The second-order valence-corrected chi connectivity index (χ2v) is 3.38. The number of Topliss-reactive ketones (excluding diaryl/α,β-unsaturated/α-hetero) is 1. The van der Waals surface area contributed by atoms with Gasteiger partial charge in [0.2, 0.25) is 5.79 Å². The third-order valence-corrected chi connectivity index (χ3v) is 2.45. The highest BCUT2D eigenvalue weighted by Gasteiger charge is 2.45. The van der Waals surface area contributed by atoms with Crippen LogP contribution in [0.15, 0.2) is 11.5 Å². The maximum absolute atomic E-state index is 11.5. The van der Waals surface area contributed by atoms with Gasteiger partial charge in [-0.15, -0.1) is 0 Å². The molecule has 1 aliphatic heterocycles. The quantitative estimate of drug-likeness (QED) is 0.530. The van der Waals surface area contributed by atoms with Crippen LogP contribution in [-0.2, 0) is 14.3 Å². The van der Waals surface area contributed by atoms with Gasteiger partial charge in [0, 0.05) is 6.42 Å². The Hall–Kier alpha value is -0.685. The summed E-state index contributed by atoms with van der Waals surface area (Å²) >= 11 is 0. The van der Waals surface area contributed by atoms with Crippen LogP contribution in [0.4, 0.5) is 0 Å². The van der Waals surface area contributed by atoms with Crippen LogP contribution < -0.4 is 0 Å².